The highest BCUT2D eigenvalue weighted by atomic mass is 35.5. The fourth-order valence-electron chi connectivity index (χ4n) is 5.64. The molecule has 9 nitrogen and oxygen atoms in total. The number of hydrogen-bond donors (Lipinski definition) is 2. The first kappa shape index (κ1) is 35.4. The summed E-state index contributed by atoms with van der Waals surface area (Å²) in [7, 11) is 0. The van der Waals surface area contributed by atoms with Crippen molar-refractivity contribution in [2.75, 3.05) is 11.4 Å². The first-order valence-corrected chi connectivity index (χ1v) is 16.6. The molecule has 0 aromatic heterocycles. The number of nitrogens with one attached hydrogen (secondary N) is 1. The van der Waals surface area contributed by atoms with Crippen molar-refractivity contribution in [3.63, 3.8) is 0 Å². The zero-order valence-electron chi connectivity index (χ0n) is 27.9. The normalized spacial score (nSPS) is 16.0. The van der Waals surface area contributed by atoms with Gasteiger partial charge in [0.25, 0.3) is 5.91 Å². The van der Waals surface area contributed by atoms with E-state index in [9.17, 15) is 19.5 Å². The van der Waals surface area contributed by atoms with Gasteiger partial charge >= 0.3 is 12.1 Å². The number of amides is 2. The molecule has 2 N–H and O–H groups in total. The van der Waals surface area contributed by atoms with Gasteiger partial charge in [0.1, 0.15) is 30.2 Å². The zero-order chi connectivity index (χ0) is 35.0. The number of aliphatic carboxylic acids is 1. The summed E-state index contributed by atoms with van der Waals surface area (Å²) in [6.45, 7) is 6.39. The molecule has 2 atom stereocenters. The number of carboxylic acids is 1. The SMILES string of the molecule is CC(C)(C)OC(=O)NCc1cccc(C2OC(CC(=O)O)C(=O)N(CCCc3ccc(OCc4ccccc4)cc3)c3ccc(Cl)cc32)c1. The van der Waals surface area contributed by atoms with Crippen LogP contribution >= 0.6 is 11.6 Å². The molecule has 10 heteroatoms. The van der Waals surface area contributed by atoms with E-state index in [1.54, 1.807) is 43.9 Å². The Kier molecular flexibility index (Phi) is 11.6. The fourth-order valence-corrected chi connectivity index (χ4v) is 5.82. The summed E-state index contributed by atoms with van der Waals surface area (Å²) >= 11 is 6.49. The number of carboxylic acid groups (broad SMARTS) is 1. The van der Waals surface area contributed by atoms with Crippen molar-refractivity contribution < 1.29 is 33.7 Å². The van der Waals surface area contributed by atoms with Gasteiger partial charge in [0.15, 0.2) is 0 Å². The van der Waals surface area contributed by atoms with E-state index in [-0.39, 0.29) is 6.54 Å². The number of nitrogens with zero attached hydrogens (tertiary/aromatic N) is 1. The quantitative estimate of drug-likeness (QED) is 0.156. The van der Waals surface area contributed by atoms with Crippen LogP contribution in [0.1, 0.15) is 67.5 Å². The van der Waals surface area contributed by atoms with Crippen LogP contribution in [-0.2, 0) is 38.6 Å². The third kappa shape index (κ3) is 10.1. The maximum atomic E-state index is 14.0. The Hall–Kier alpha value is -4.86. The van der Waals surface area contributed by atoms with Gasteiger partial charge in [-0.2, -0.15) is 0 Å². The number of ether oxygens (including phenoxy) is 3. The Morgan fingerprint density at radius 1 is 0.918 bits per heavy atom. The highest BCUT2D eigenvalue weighted by Crippen LogP contribution is 2.40. The Bertz CT molecular complexity index is 1760. The predicted molar refractivity (Wildman–Crippen MR) is 188 cm³/mol. The molecule has 5 rings (SSSR count). The third-order valence-electron chi connectivity index (χ3n) is 7.87. The molecule has 256 valence electrons. The molecule has 1 aliphatic rings. The molecule has 2 amide bonds. The van der Waals surface area contributed by atoms with Gasteiger partial charge in [-0.25, -0.2) is 4.79 Å². The Morgan fingerprint density at radius 2 is 1.65 bits per heavy atom. The molecule has 2 unspecified atom stereocenters. The maximum absolute atomic E-state index is 14.0. The largest absolute Gasteiger partial charge is 0.489 e. The molecule has 0 saturated heterocycles. The third-order valence-corrected chi connectivity index (χ3v) is 8.11. The monoisotopic (exact) mass is 684 g/mol. The van der Waals surface area contributed by atoms with E-state index in [0.29, 0.717) is 47.8 Å². The lowest BCUT2D eigenvalue weighted by Gasteiger charge is -2.25. The van der Waals surface area contributed by atoms with Gasteiger partial charge in [0.2, 0.25) is 0 Å². The summed E-state index contributed by atoms with van der Waals surface area (Å²) in [6, 6.07) is 30.5. The molecule has 4 aromatic rings. The molecule has 0 aliphatic carbocycles. The van der Waals surface area contributed by atoms with E-state index in [1.807, 2.05) is 78.9 Å². The second kappa shape index (κ2) is 16.0. The average Bonchev–Trinajstić information content (AvgIpc) is 3.17. The maximum Gasteiger partial charge on any atom is 0.407 e. The van der Waals surface area contributed by atoms with Crippen LogP contribution in [0.2, 0.25) is 5.02 Å². The highest BCUT2D eigenvalue weighted by Gasteiger charge is 2.37. The van der Waals surface area contributed by atoms with Gasteiger partial charge in [0.05, 0.1) is 6.42 Å². The number of carbonyl (C=O) groups excluding carboxylic acids is 2. The van der Waals surface area contributed by atoms with Crippen molar-refractivity contribution in [1.29, 1.82) is 0 Å². The first-order valence-electron chi connectivity index (χ1n) is 16.2. The zero-order valence-corrected chi connectivity index (χ0v) is 28.6. The number of benzene rings is 4. The van der Waals surface area contributed by atoms with Crippen molar-refractivity contribution in [3.05, 3.63) is 130 Å². The van der Waals surface area contributed by atoms with E-state index in [0.717, 1.165) is 22.4 Å². The van der Waals surface area contributed by atoms with Gasteiger partial charge in [-0.3, -0.25) is 9.59 Å². The molecular formula is C39H41ClN2O7. The van der Waals surface area contributed by atoms with E-state index in [2.05, 4.69) is 5.32 Å². The van der Waals surface area contributed by atoms with Crippen molar-refractivity contribution in [2.45, 2.75) is 71.0 Å². The summed E-state index contributed by atoms with van der Waals surface area (Å²) in [4.78, 5) is 39.8. The van der Waals surface area contributed by atoms with Crippen molar-refractivity contribution in [2.24, 2.45) is 0 Å². The fraction of sp³-hybridized carbons (Fsp3) is 0.308. The highest BCUT2D eigenvalue weighted by molar-refractivity contribution is 6.30. The predicted octanol–water partition coefficient (Wildman–Crippen LogP) is 7.87. The van der Waals surface area contributed by atoms with E-state index in [4.69, 9.17) is 25.8 Å². The van der Waals surface area contributed by atoms with Gasteiger partial charge < -0.3 is 29.5 Å². The molecule has 1 heterocycles. The minimum Gasteiger partial charge on any atom is -0.489 e. The number of fused-ring (bicyclic) bond motifs is 1. The lowest BCUT2D eigenvalue weighted by molar-refractivity contribution is -0.146. The van der Waals surface area contributed by atoms with E-state index < -0.39 is 42.2 Å². The molecular weight excluding hydrogens is 644 g/mol. The molecule has 0 saturated carbocycles. The number of hydrogen-bond acceptors (Lipinski definition) is 6. The summed E-state index contributed by atoms with van der Waals surface area (Å²) in [5.74, 6) is -0.808. The lowest BCUT2D eigenvalue weighted by atomic mass is 9.97. The number of alkyl carbamates (subject to hydrolysis) is 1. The molecule has 1 aliphatic heterocycles. The molecule has 49 heavy (non-hydrogen) atoms. The number of carbonyl (C=O) groups is 3. The first-order chi connectivity index (χ1) is 23.4. The molecule has 0 spiro atoms. The van der Waals surface area contributed by atoms with Crippen LogP contribution in [0.15, 0.2) is 97.1 Å². The van der Waals surface area contributed by atoms with Gasteiger partial charge in [-0.1, -0.05) is 78.3 Å². The minimum atomic E-state index is -1.24. The van der Waals surface area contributed by atoms with Crippen molar-refractivity contribution in [1.82, 2.24) is 5.32 Å². The van der Waals surface area contributed by atoms with Crippen LogP contribution < -0.4 is 15.0 Å². The Balaban J connectivity index is 1.33. The van der Waals surface area contributed by atoms with E-state index >= 15 is 0 Å². The summed E-state index contributed by atoms with van der Waals surface area (Å²) in [6.07, 6.45) is -1.77. The number of aryl methyl sites for hydroxylation is 1. The summed E-state index contributed by atoms with van der Waals surface area (Å²) in [5, 5.41) is 13.0. The van der Waals surface area contributed by atoms with Crippen LogP contribution in [-0.4, -0.2) is 41.3 Å². The minimum absolute atomic E-state index is 0.196. The van der Waals surface area contributed by atoms with Crippen LogP contribution in [0.3, 0.4) is 0 Å². The molecule has 4 aromatic carbocycles. The van der Waals surface area contributed by atoms with Crippen molar-refractivity contribution >= 4 is 35.3 Å². The topological polar surface area (TPSA) is 114 Å². The van der Waals surface area contributed by atoms with Gasteiger partial charge in [-0.05, 0) is 86.2 Å². The van der Waals surface area contributed by atoms with E-state index in [1.165, 1.54) is 0 Å². The Labute approximate surface area is 291 Å². The van der Waals surface area contributed by atoms with Crippen LogP contribution in [0.4, 0.5) is 10.5 Å². The summed E-state index contributed by atoms with van der Waals surface area (Å²) < 4.78 is 17.6. The summed E-state index contributed by atoms with van der Waals surface area (Å²) in [5.41, 5.74) is 4.24. The molecule has 0 radical (unpaired) electrons. The van der Waals surface area contributed by atoms with Crippen LogP contribution in [0.5, 0.6) is 5.75 Å². The Morgan fingerprint density at radius 3 is 2.37 bits per heavy atom. The standard InChI is InChI=1S/C39H41ClN2O7/c1-39(2,3)49-38(46)41-24-28-11-7-13-29(21-28)36-32-22-30(40)16-19-33(32)42(37(45)34(48-36)23-35(43)44)20-8-12-26-14-17-31(18-15-26)47-25-27-9-5-4-6-10-27/h4-7,9-11,13-19,21-22,34,36H,8,12,20,23-25H2,1-3H3,(H,41,46)(H,43,44). The number of rotatable bonds is 12. The molecule has 0 bridgehead atoms. The smallest absolute Gasteiger partial charge is 0.407 e. The molecule has 0 fully saturated rings. The lowest BCUT2D eigenvalue weighted by Crippen LogP contribution is -2.41. The van der Waals surface area contributed by atoms with Crippen LogP contribution in [0, 0.1) is 0 Å². The van der Waals surface area contributed by atoms with Gasteiger partial charge in [-0.15, -0.1) is 0 Å². The average molecular weight is 685 g/mol. The second-order valence-electron chi connectivity index (χ2n) is 12.9. The van der Waals surface area contributed by atoms with Gasteiger partial charge in [0, 0.05) is 29.4 Å². The number of halogens is 1. The second-order valence-corrected chi connectivity index (χ2v) is 13.4. The van der Waals surface area contributed by atoms with Crippen molar-refractivity contribution in [3.8, 4) is 5.75 Å². The number of anilines is 1. The van der Waals surface area contributed by atoms with Crippen LogP contribution in [0.25, 0.3) is 0 Å².